The number of rotatable bonds is 5. The summed E-state index contributed by atoms with van der Waals surface area (Å²) in [5.41, 5.74) is 1.20. The fourth-order valence-corrected chi connectivity index (χ4v) is 2.27. The second-order valence-corrected chi connectivity index (χ2v) is 5.86. The van der Waals surface area contributed by atoms with Gasteiger partial charge in [0.25, 0.3) is 0 Å². The zero-order chi connectivity index (χ0) is 12.3. The van der Waals surface area contributed by atoms with Crippen LogP contribution < -0.4 is 15.2 Å². The minimum absolute atomic E-state index is 0.0489. The van der Waals surface area contributed by atoms with Crippen molar-refractivity contribution in [2.75, 3.05) is 18.8 Å². The fourth-order valence-electron chi connectivity index (χ4n) is 1.85. The molecule has 0 fully saturated rings. The molecular formula is C11H16N2O3S. The predicted octanol–water partition coefficient (Wildman–Crippen LogP) is -0.132. The Hall–Kier alpha value is -1.11. The molecule has 1 atom stereocenters. The molecule has 1 heterocycles. The first-order valence-corrected chi connectivity index (χ1v) is 7.22. The maximum absolute atomic E-state index is 10.7. The maximum atomic E-state index is 10.7. The van der Waals surface area contributed by atoms with Crippen molar-refractivity contribution in [1.29, 1.82) is 0 Å². The van der Waals surface area contributed by atoms with Gasteiger partial charge in [0, 0.05) is 19.5 Å². The molecule has 0 spiro atoms. The summed E-state index contributed by atoms with van der Waals surface area (Å²) < 4.78 is 27.1. The van der Waals surface area contributed by atoms with Crippen LogP contribution in [0.25, 0.3) is 0 Å². The van der Waals surface area contributed by atoms with Crippen LogP contribution in [-0.2, 0) is 16.4 Å². The molecule has 2 rings (SSSR count). The third-order valence-corrected chi connectivity index (χ3v) is 3.42. The number of para-hydroxylation sites is 1. The van der Waals surface area contributed by atoms with Crippen molar-refractivity contribution in [2.24, 2.45) is 5.14 Å². The highest BCUT2D eigenvalue weighted by atomic mass is 32.2. The molecular weight excluding hydrogens is 240 g/mol. The molecule has 0 radical (unpaired) electrons. The Morgan fingerprint density at radius 3 is 2.88 bits per heavy atom. The quantitative estimate of drug-likeness (QED) is 0.719. The van der Waals surface area contributed by atoms with Crippen molar-refractivity contribution in [3.63, 3.8) is 0 Å². The lowest BCUT2D eigenvalue weighted by Crippen LogP contribution is -2.34. The van der Waals surface area contributed by atoms with E-state index >= 15 is 0 Å². The molecule has 0 bridgehead atoms. The standard InChI is InChI=1S/C11H16N2O3S/c12-17(14,15)6-5-13-8-10-7-9-3-1-2-4-11(9)16-10/h1-4,10,13H,5-8H2,(H2,12,14,15). The smallest absolute Gasteiger partial charge is 0.210 e. The Kier molecular flexibility index (Phi) is 3.66. The van der Waals surface area contributed by atoms with Gasteiger partial charge in [0.2, 0.25) is 10.0 Å². The Bertz CT molecular complexity index is 462. The van der Waals surface area contributed by atoms with Crippen molar-refractivity contribution >= 4 is 10.0 Å². The summed E-state index contributed by atoms with van der Waals surface area (Å²) >= 11 is 0. The molecule has 0 saturated heterocycles. The van der Waals surface area contributed by atoms with Crippen LogP contribution in [0, 0.1) is 0 Å². The summed E-state index contributed by atoms with van der Waals surface area (Å²) in [5.74, 6) is 0.873. The molecule has 0 aliphatic carbocycles. The lowest BCUT2D eigenvalue weighted by molar-refractivity contribution is 0.229. The lowest BCUT2D eigenvalue weighted by atomic mass is 10.1. The molecule has 5 nitrogen and oxygen atoms in total. The first-order valence-electron chi connectivity index (χ1n) is 5.50. The Morgan fingerprint density at radius 2 is 2.18 bits per heavy atom. The van der Waals surface area contributed by atoms with Crippen LogP contribution in [0.3, 0.4) is 0 Å². The van der Waals surface area contributed by atoms with Crippen LogP contribution in [0.2, 0.25) is 0 Å². The van der Waals surface area contributed by atoms with Crippen molar-refractivity contribution < 1.29 is 13.2 Å². The van der Waals surface area contributed by atoms with Crippen LogP contribution in [0.4, 0.5) is 0 Å². The van der Waals surface area contributed by atoms with Crippen molar-refractivity contribution in [2.45, 2.75) is 12.5 Å². The van der Waals surface area contributed by atoms with E-state index in [0.717, 1.165) is 12.2 Å². The highest BCUT2D eigenvalue weighted by Crippen LogP contribution is 2.27. The van der Waals surface area contributed by atoms with E-state index in [9.17, 15) is 8.42 Å². The number of nitrogens with one attached hydrogen (secondary N) is 1. The van der Waals surface area contributed by atoms with Crippen molar-refractivity contribution in [3.8, 4) is 5.75 Å². The first kappa shape index (κ1) is 12.3. The van der Waals surface area contributed by atoms with E-state index in [4.69, 9.17) is 9.88 Å². The molecule has 3 N–H and O–H groups in total. The second kappa shape index (κ2) is 5.03. The van der Waals surface area contributed by atoms with Gasteiger partial charge in [0.15, 0.2) is 0 Å². The molecule has 0 aromatic heterocycles. The van der Waals surface area contributed by atoms with Crippen molar-refractivity contribution in [1.82, 2.24) is 5.32 Å². The monoisotopic (exact) mass is 256 g/mol. The topological polar surface area (TPSA) is 81.4 Å². The normalized spacial score (nSPS) is 18.8. The zero-order valence-electron chi connectivity index (χ0n) is 9.43. The SMILES string of the molecule is NS(=O)(=O)CCNCC1Cc2ccccc2O1. The number of sulfonamides is 1. The number of fused-ring (bicyclic) bond motifs is 1. The van der Waals surface area contributed by atoms with E-state index in [-0.39, 0.29) is 11.9 Å². The van der Waals surface area contributed by atoms with Crippen LogP contribution in [0.1, 0.15) is 5.56 Å². The molecule has 17 heavy (non-hydrogen) atoms. The molecule has 1 aromatic carbocycles. The van der Waals surface area contributed by atoms with E-state index in [1.165, 1.54) is 5.56 Å². The molecule has 0 saturated carbocycles. The van der Waals surface area contributed by atoms with Crippen molar-refractivity contribution in [3.05, 3.63) is 29.8 Å². The average Bonchev–Trinajstić information content (AvgIpc) is 2.65. The summed E-state index contributed by atoms with van der Waals surface area (Å²) in [6.45, 7) is 0.985. The number of hydrogen-bond acceptors (Lipinski definition) is 4. The highest BCUT2D eigenvalue weighted by molar-refractivity contribution is 7.89. The van der Waals surface area contributed by atoms with Crippen LogP contribution in [0.15, 0.2) is 24.3 Å². The van der Waals surface area contributed by atoms with Gasteiger partial charge in [0.1, 0.15) is 11.9 Å². The molecule has 1 aliphatic rings. The lowest BCUT2D eigenvalue weighted by Gasteiger charge is -2.11. The van der Waals surface area contributed by atoms with Gasteiger partial charge in [-0.25, -0.2) is 13.6 Å². The zero-order valence-corrected chi connectivity index (χ0v) is 10.2. The molecule has 1 unspecified atom stereocenters. The summed E-state index contributed by atoms with van der Waals surface area (Å²) in [7, 11) is -3.38. The number of benzene rings is 1. The van der Waals surface area contributed by atoms with Gasteiger partial charge in [-0.15, -0.1) is 0 Å². The molecule has 1 aliphatic heterocycles. The van der Waals surface area contributed by atoms with E-state index in [1.807, 2.05) is 24.3 Å². The van der Waals surface area contributed by atoms with Gasteiger partial charge in [-0.2, -0.15) is 0 Å². The Morgan fingerprint density at radius 1 is 1.41 bits per heavy atom. The van der Waals surface area contributed by atoms with Gasteiger partial charge in [0.05, 0.1) is 5.75 Å². The summed E-state index contributed by atoms with van der Waals surface area (Å²) in [6.07, 6.45) is 0.936. The van der Waals surface area contributed by atoms with E-state index in [0.29, 0.717) is 13.1 Å². The first-order chi connectivity index (χ1) is 8.04. The average molecular weight is 256 g/mol. The van der Waals surface area contributed by atoms with Crippen LogP contribution in [0.5, 0.6) is 5.75 Å². The third-order valence-electron chi connectivity index (χ3n) is 2.65. The van der Waals surface area contributed by atoms with Gasteiger partial charge in [-0.3, -0.25) is 0 Å². The van der Waals surface area contributed by atoms with Crippen LogP contribution in [-0.4, -0.2) is 33.4 Å². The third kappa shape index (κ3) is 3.69. The summed E-state index contributed by atoms with van der Waals surface area (Å²) in [4.78, 5) is 0. The van der Waals surface area contributed by atoms with E-state index in [1.54, 1.807) is 0 Å². The fraction of sp³-hybridized carbons (Fsp3) is 0.455. The predicted molar refractivity (Wildman–Crippen MR) is 65.4 cm³/mol. The van der Waals surface area contributed by atoms with Gasteiger partial charge >= 0.3 is 0 Å². The van der Waals surface area contributed by atoms with Crippen LogP contribution >= 0.6 is 0 Å². The number of ether oxygens (including phenoxy) is 1. The Balaban J connectivity index is 1.74. The number of nitrogens with two attached hydrogens (primary N) is 1. The second-order valence-electron chi connectivity index (χ2n) is 4.12. The number of hydrogen-bond donors (Lipinski definition) is 2. The molecule has 1 aromatic rings. The largest absolute Gasteiger partial charge is 0.488 e. The highest BCUT2D eigenvalue weighted by Gasteiger charge is 2.21. The molecule has 94 valence electrons. The minimum Gasteiger partial charge on any atom is -0.488 e. The van der Waals surface area contributed by atoms with Gasteiger partial charge < -0.3 is 10.1 Å². The minimum atomic E-state index is -3.38. The van der Waals surface area contributed by atoms with E-state index in [2.05, 4.69) is 5.32 Å². The maximum Gasteiger partial charge on any atom is 0.210 e. The van der Waals surface area contributed by atoms with Gasteiger partial charge in [-0.05, 0) is 11.6 Å². The molecule has 6 heteroatoms. The summed E-state index contributed by atoms with van der Waals surface area (Å²) in [6, 6.07) is 7.91. The Labute approximate surface area is 101 Å². The molecule has 0 amide bonds. The number of primary sulfonamides is 1. The summed E-state index contributed by atoms with van der Waals surface area (Å²) in [5, 5.41) is 7.93. The van der Waals surface area contributed by atoms with E-state index < -0.39 is 10.0 Å². The van der Waals surface area contributed by atoms with Gasteiger partial charge in [-0.1, -0.05) is 18.2 Å².